The van der Waals surface area contributed by atoms with Crippen molar-refractivity contribution in [3.05, 3.63) is 89.0 Å². The first-order valence-corrected chi connectivity index (χ1v) is 12.7. The van der Waals surface area contributed by atoms with E-state index in [9.17, 15) is 10.2 Å². The second-order valence-electron chi connectivity index (χ2n) is 9.54. The van der Waals surface area contributed by atoms with Crippen LogP contribution in [0.25, 0.3) is 5.57 Å². The quantitative estimate of drug-likeness (QED) is 0.527. The second kappa shape index (κ2) is 11.5. The summed E-state index contributed by atoms with van der Waals surface area (Å²) in [4.78, 5) is 5.02. The number of rotatable bonds is 8. The average Bonchev–Trinajstić information content (AvgIpc) is 2.87. The molecule has 1 fully saturated rings. The van der Waals surface area contributed by atoms with Crippen LogP contribution in [0.5, 0.6) is 5.75 Å². The molecule has 0 atom stereocenters. The molecule has 34 heavy (non-hydrogen) atoms. The van der Waals surface area contributed by atoms with Crippen molar-refractivity contribution in [1.82, 2.24) is 4.90 Å². The molecule has 0 saturated carbocycles. The maximum atomic E-state index is 10.3. The number of phenols is 1. The summed E-state index contributed by atoms with van der Waals surface area (Å²) in [5.74, 6) is 0.269. The molecule has 4 heteroatoms. The van der Waals surface area contributed by atoms with Gasteiger partial charge in [-0.25, -0.2) is 0 Å². The van der Waals surface area contributed by atoms with E-state index in [4.69, 9.17) is 0 Å². The Morgan fingerprint density at radius 3 is 2.32 bits per heavy atom. The molecule has 0 radical (unpaired) electrons. The standard InChI is InChI=1S/C30H38N2O2/c1-23(2)31-16-18-32(19-17-31)27-13-6-11-25(21-27)30(26-12-7-14-28(34)22-26)29(15-8-20-33)24-9-4-3-5-10-24/h4,6-7,9-14,21-23,33-34H,3,5,8,15-20H2,1-2H3/b30-29+. The van der Waals surface area contributed by atoms with Crippen molar-refractivity contribution in [2.45, 2.75) is 45.6 Å². The Bertz CT molecular complexity index is 1060. The van der Waals surface area contributed by atoms with Crippen LogP contribution in [-0.4, -0.2) is 53.9 Å². The lowest BCUT2D eigenvalue weighted by molar-refractivity contribution is 0.209. The molecule has 0 spiro atoms. The number of piperazine rings is 1. The molecule has 2 aromatic rings. The van der Waals surface area contributed by atoms with Crippen LogP contribution in [0.15, 0.2) is 77.9 Å². The molecule has 0 amide bonds. The van der Waals surface area contributed by atoms with Gasteiger partial charge in [0, 0.05) is 44.5 Å². The highest BCUT2D eigenvalue weighted by molar-refractivity contribution is 5.86. The van der Waals surface area contributed by atoms with Crippen LogP contribution >= 0.6 is 0 Å². The number of nitrogens with zero attached hydrogens (tertiary/aromatic N) is 2. The minimum Gasteiger partial charge on any atom is -0.508 e. The number of phenolic OH excluding ortho intramolecular Hbond substituents is 1. The van der Waals surface area contributed by atoms with Gasteiger partial charge in [-0.3, -0.25) is 4.90 Å². The van der Waals surface area contributed by atoms with Crippen molar-refractivity contribution in [3.8, 4) is 5.75 Å². The van der Waals surface area contributed by atoms with Gasteiger partial charge >= 0.3 is 0 Å². The molecular formula is C30H38N2O2. The third kappa shape index (κ3) is 5.81. The summed E-state index contributed by atoms with van der Waals surface area (Å²) in [6.07, 6.45) is 10.4. The van der Waals surface area contributed by atoms with Gasteiger partial charge < -0.3 is 15.1 Å². The largest absolute Gasteiger partial charge is 0.508 e. The van der Waals surface area contributed by atoms with Crippen LogP contribution in [0, 0.1) is 0 Å². The van der Waals surface area contributed by atoms with E-state index in [1.807, 2.05) is 12.1 Å². The summed E-state index contributed by atoms with van der Waals surface area (Å²) >= 11 is 0. The van der Waals surface area contributed by atoms with Gasteiger partial charge in [-0.15, -0.1) is 0 Å². The van der Waals surface area contributed by atoms with E-state index < -0.39 is 0 Å². The molecule has 2 aliphatic rings. The van der Waals surface area contributed by atoms with Gasteiger partial charge in [0.1, 0.15) is 5.75 Å². The van der Waals surface area contributed by atoms with E-state index in [0.717, 1.165) is 62.1 Å². The van der Waals surface area contributed by atoms with E-state index in [-0.39, 0.29) is 12.4 Å². The lowest BCUT2D eigenvalue weighted by Gasteiger charge is -2.38. The normalized spacial score (nSPS) is 17.6. The van der Waals surface area contributed by atoms with Crippen molar-refractivity contribution in [1.29, 1.82) is 0 Å². The number of aliphatic hydroxyl groups excluding tert-OH is 1. The van der Waals surface area contributed by atoms with E-state index in [1.54, 1.807) is 6.07 Å². The van der Waals surface area contributed by atoms with Gasteiger partial charge in [0.25, 0.3) is 0 Å². The predicted octanol–water partition coefficient (Wildman–Crippen LogP) is 5.77. The van der Waals surface area contributed by atoms with Crippen molar-refractivity contribution >= 4 is 11.3 Å². The molecule has 1 aliphatic carbocycles. The van der Waals surface area contributed by atoms with Crippen molar-refractivity contribution in [2.75, 3.05) is 37.7 Å². The molecular weight excluding hydrogens is 420 g/mol. The van der Waals surface area contributed by atoms with Gasteiger partial charge in [0.2, 0.25) is 0 Å². The summed E-state index contributed by atoms with van der Waals surface area (Å²) < 4.78 is 0. The highest BCUT2D eigenvalue weighted by Crippen LogP contribution is 2.37. The monoisotopic (exact) mass is 458 g/mol. The van der Waals surface area contributed by atoms with Crippen molar-refractivity contribution < 1.29 is 10.2 Å². The van der Waals surface area contributed by atoms with Gasteiger partial charge in [-0.05, 0) is 91.6 Å². The number of aromatic hydroxyl groups is 1. The van der Waals surface area contributed by atoms with E-state index >= 15 is 0 Å². The number of hydrogen-bond acceptors (Lipinski definition) is 4. The number of benzene rings is 2. The minimum atomic E-state index is 0.161. The molecule has 1 saturated heterocycles. The predicted molar refractivity (Wildman–Crippen MR) is 142 cm³/mol. The van der Waals surface area contributed by atoms with Crippen LogP contribution in [-0.2, 0) is 0 Å². The fourth-order valence-electron chi connectivity index (χ4n) is 5.04. The molecule has 4 nitrogen and oxygen atoms in total. The highest BCUT2D eigenvalue weighted by atomic mass is 16.3. The topological polar surface area (TPSA) is 46.9 Å². The van der Waals surface area contributed by atoms with E-state index in [0.29, 0.717) is 12.5 Å². The van der Waals surface area contributed by atoms with E-state index in [1.165, 1.54) is 16.8 Å². The van der Waals surface area contributed by atoms with Crippen LogP contribution in [0.2, 0.25) is 0 Å². The lowest BCUT2D eigenvalue weighted by atomic mass is 9.85. The van der Waals surface area contributed by atoms with Crippen LogP contribution in [0.4, 0.5) is 5.69 Å². The Balaban J connectivity index is 1.78. The number of allylic oxidation sites excluding steroid dienone is 5. The Morgan fingerprint density at radius 1 is 0.941 bits per heavy atom. The minimum absolute atomic E-state index is 0.161. The Hall–Kier alpha value is -2.82. The Labute approximate surface area is 204 Å². The van der Waals surface area contributed by atoms with Crippen LogP contribution in [0.3, 0.4) is 0 Å². The fraction of sp³-hybridized carbons (Fsp3) is 0.400. The smallest absolute Gasteiger partial charge is 0.116 e. The van der Waals surface area contributed by atoms with Gasteiger partial charge in [0.15, 0.2) is 0 Å². The molecule has 180 valence electrons. The number of aliphatic hydroxyl groups is 1. The lowest BCUT2D eigenvalue weighted by Crippen LogP contribution is -2.48. The average molecular weight is 459 g/mol. The first-order chi connectivity index (χ1) is 16.6. The highest BCUT2D eigenvalue weighted by Gasteiger charge is 2.21. The number of anilines is 1. The molecule has 2 aromatic carbocycles. The summed E-state index contributed by atoms with van der Waals surface area (Å²) in [6.45, 7) is 8.91. The third-order valence-corrected chi connectivity index (χ3v) is 6.91. The van der Waals surface area contributed by atoms with Gasteiger partial charge in [-0.1, -0.05) is 42.5 Å². The zero-order valence-electron chi connectivity index (χ0n) is 20.6. The SMILES string of the molecule is CC(C)N1CCN(c2cccc(/C(=C(/CCCO)C3=CCCC=C3)c3cccc(O)c3)c2)CC1. The summed E-state index contributed by atoms with van der Waals surface area (Å²) in [6, 6.07) is 17.0. The molecule has 0 bridgehead atoms. The van der Waals surface area contributed by atoms with Crippen LogP contribution in [0.1, 0.15) is 50.7 Å². The van der Waals surface area contributed by atoms with Crippen molar-refractivity contribution in [3.63, 3.8) is 0 Å². The van der Waals surface area contributed by atoms with Gasteiger partial charge in [-0.2, -0.15) is 0 Å². The maximum absolute atomic E-state index is 10.3. The molecule has 0 unspecified atom stereocenters. The fourth-order valence-corrected chi connectivity index (χ4v) is 5.04. The number of hydrogen-bond donors (Lipinski definition) is 2. The first kappa shape index (κ1) is 24.3. The zero-order valence-corrected chi connectivity index (χ0v) is 20.6. The first-order valence-electron chi connectivity index (χ1n) is 12.7. The van der Waals surface area contributed by atoms with E-state index in [2.05, 4.69) is 72.2 Å². The summed E-state index contributed by atoms with van der Waals surface area (Å²) in [5.41, 5.74) is 7.02. The molecule has 1 heterocycles. The molecule has 0 aromatic heterocycles. The Morgan fingerprint density at radius 2 is 1.68 bits per heavy atom. The summed E-state index contributed by atoms with van der Waals surface area (Å²) in [5, 5.41) is 19.9. The molecule has 1 aliphatic heterocycles. The van der Waals surface area contributed by atoms with Crippen LogP contribution < -0.4 is 4.90 Å². The second-order valence-corrected chi connectivity index (χ2v) is 9.54. The molecule has 4 rings (SSSR count). The summed E-state index contributed by atoms with van der Waals surface area (Å²) in [7, 11) is 0. The van der Waals surface area contributed by atoms with Crippen molar-refractivity contribution in [2.24, 2.45) is 0 Å². The Kier molecular flexibility index (Phi) is 8.25. The van der Waals surface area contributed by atoms with Gasteiger partial charge in [0.05, 0.1) is 0 Å². The third-order valence-electron chi connectivity index (χ3n) is 6.91. The molecule has 2 N–H and O–H groups in total. The zero-order chi connectivity index (χ0) is 23.9. The maximum Gasteiger partial charge on any atom is 0.116 e.